The molecular formula is C8H6BrClFN. The molecule has 1 aromatic rings. The quantitative estimate of drug-likeness (QED) is 0.580. The SMILES string of the molecule is Fc1ncc(C=CCBr)cc1Cl. The van der Waals surface area contributed by atoms with Gasteiger partial charge in [-0.25, -0.2) is 4.98 Å². The lowest BCUT2D eigenvalue weighted by Crippen LogP contribution is -1.84. The molecule has 1 nitrogen and oxygen atoms in total. The first-order valence-corrected chi connectivity index (χ1v) is 4.77. The molecule has 0 spiro atoms. The second kappa shape index (κ2) is 4.58. The zero-order valence-electron chi connectivity index (χ0n) is 6.10. The molecule has 12 heavy (non-hydrogen) atoms. The van der Waals surface area contributed by atoms with E-state index in [9.17, 15) is 4.39 Å². The maximum absolute atomic E-state index is 12.5. The van der Waals surface area contributed by atoms with Crippen LogP contribution in [0.15, 0.2) is 18.3 Å². The standard InChI is InChI=1S/C8H6BrClFN/c9-3-1-2-6-4-7(10)8(11)12-5-6/h1-2,4-5H,3H2. The molecule has 0 saturated carbocycles. The summed E-state index contributed by atoms with van der Waals surface area (Å²) in [5.41, 5.74) is 0.792. The molecule has 0 aliphatic carbocycles. The monoisotopic (exact) mass is 249 g/mol. The van der Waals surface area contributed by atoms with Gasteiger partial charge in [0, 0.05) is 11.5 Å². The molecule has 0 aromatic carbocycles. The van der Waals surface area contributed by atoms with E-state index in [0.29, 0.717) is 0 Å². The lowest BCUT2D eigenvalue weighted by molar-refractivity contribution is 0.584. The highest BCUT2D eigenvalue weighted by atomic mass is 79.9. The lowest BCUT2D eigenvalue weighted by Gasteiger charge is -1.94. The van der Waals surface area contributed by atoms with Gasteiger partial charge in [-0.05, 0) is 11.6 Å². The average molecular weight is 250 g/mol. The van der Waals surface area contributed by atoms with Crippen molar-refractivity contribution in [2.45, 2.75) is 0 Å². The van der Waals surface area contributed by atoms with Crippen LogP contribution in [-0.2, 0) is 0 Å². The summed E-state index contributed by atoms with van der Waals surface area (Å²) < 4.78 is 12.5. The molecule has 4 heteroatoms. The minimum Gasteiger partial charge on any atom is -0.226 e. The van der Waals surface area contributed by atoms with E-state index in [4.69, 9.17) is 11.6 Å². The molecular weight excluding hydrogens is 244 g/mol. The fraction of sp³-hybridized carbons (Fsp3) is 0.125. The Morgan fingerprint density at radius 3 is 3.00 bits per heavy atom. The third-order valence-electron chi connectivity index (χ3n) is 1.22. The zero-order valence-corrected chi connectivity index (χ0v) is 8.44. The zero-order chi connectivity index (χ0) is 8.97. The van der Waals surface area contributed by atoms with Gasteiger partial charge in [-0.3, -0.25) is 0 Å². The summed E-state index contributed by atoms with van der Waals surface area (Å²) in [4.78, 5) is 3.47. The maximum Gasteiger partial charge on any atom is 0.231 e. The minimum atomic E-state index is -0.632. The number of nitrogens with zero attached hydrogens (tertiary/aromatic N) is 1. The second-order valence-electron chi connectivity index (χ2n) is 2.10. The van der Waals surface area contributed by atoms with Gasteiger partial charge in [0.1, 0.15) is 0 Å². The highest BCUT2D eigenvalue weighted by Crippen LogP contribution is 2.14. The number of hydrogen-bond acceptors (Lipinski definition) is 1. The summed E-state index contributed by atoms with van der Waals surface area (Å²) in [5, 5.41) is 0.800. The molecule has 64 valence electrons. The molecule has 0 N–H and O–H groups in total. The van der Waals surface area contributed by atoms with Crippen molar-refractivity contribution < 1.29 is 4.39 Å². The smallest absolute Gasteiger partial charge is 0.226 e. The van der Waals surface area contributed by atoms with Crippen LogP contribution >= 0.6 is 27.5 Å². The van der Waals surface area contributed by atoms with E-state index in [2.05, 4.69) is 20.9 Å². The van der Waals surface area contributed by atoms with Crippen LogP contribution < -0.4 is 0 Å². The molecule has 1 rings (SSSR count). The van der Waals surface area contributed by atoms with Crippen molar-refractivity contribution in [3.63, 3.8) is 0 Å². The summed E-state index contributed by atoms with van der Waals surface area (Å²) in [6.45, 7) is 0. The van der Waals surface area contributed by atoms with Gasteiger partial charge in [0.15, 0.2) is 0 Å². The Morgan fingerprint density at radius 2 is 2.42 bits per heavy atom. The number of aromatic nitrogens is 1. The van der Waals surface area contributed by atoms with Gasteiger partial charge in [-0.15, -0.1) is 0 Å². The predicted octanol–water partition coefficient (Wildman–Crippen LogP) is 3.28. The first kappa shape index (κ1) is 9.68. The Hall–Kier alpha value is -0.410. The number of halogens is 3. The Bertz CT molecular complexity index is 301. The molecule has 0 bridgehead atoms. The van der Waals surface area contributed by atoms with Crippen LogP contribution in [0.2, 0.25) is 5.02 Å². The van der Waals surface area contributed by atoms with Crippen molar-refractivity contribution in [2.75, 3.05) is 5.33 Å². The van der Waals surface area contributed by atoms with Gasteiger partial charge in [0.2, 0.25) is 5.95 Å². The molecule has 1 heterocycles. The highest BCUT2D eigenvalue weighted by molar-refractivity contribution is 9.09. The van der Waals surface area contributed by atoms with Crippen molar-refractivity contribution in [2.24, 2.45) is 0 Å². The van der Waals surface area contributed by atoms with Crippen molar-refractivity contribution in [1.29, 1.82) is 0 Å². The van der Waals surface area contributed by atoms with E-state index in [0.717, 1.165) is 10.9 Å². The van der Waals surface area contributed by atoms with Crippen molar-refractivity contribution in [3.8, 4) is 0 Å². The van der Waals surface area contributed by atoms with Gasteiger partial charge >= 0.3 is 0 Å². The van der Waals surface area contributed by atoms with E-state index in [1.54, 1.807) is 0 Å². The molecule has 0 amide bonds. The lowest BCUT2D eigenvalue weighted by atomic mass is 10.3. The maximum atomic E-state index is 12.5. The summed E-state index contributed by atoms with van der Waals surface area (Å²) in [6.07, 6.45) is 5.12. The summed E-state index contributed by atoms with van der Waals surface area (Å²) in [6, 6.07) is 1.53. The van der Waals surface area contributed by atoms with Gasteiger partial charge < -0.3 is 0 Å². The minimum absolute atomic E-state index is 0.0479. The van der Waals surface area contributed by atoms with Crippen LogP contribution in [0.3, 0.4) is 0 Å². The topological polar surface area (TPSA) is 12.9 Å². The van der Waals surface area contributed by atoms with Crippen molar-refractivity contribution in [3.05, 3.63) is 34.9 Å². The molecule has 0 aliphatic heterocycles. The van der Waals surface area contributed by atoms with Crippen LogP contribution in [0.1, 0.15) is 5.56 Å². The molecule has 0 aliphatic rings. The number of rotatable bonds is 2. The number of allylic oxidation sites excluding steroid dienone is 1. The van der Waals surface area contributed by atoms with Crippen molar-refractivity contribution >= 4 is 33.6 Å². The van der Waals surface area contributed by atoms with Crippen LogP contribution in [0.25, 0.3) is 6.08 Å². The van der Waals surface area contributed by atoms with Gasteiger partial charge in [-0.2, -0.15) is 4.39 Å². The van der Waals surface area contributed by atoms with Crippen LogP contribution in [0, 0.1) is 5.95 Å². The molecule has 0 saturated heterocycles. The first-order valence-electron chi connectivity index (χ1n) is 3.27. The fourth-order valence-electron chi connectivity index (χ4n) is 0.708. The van der Waals surface area contributed by atoms with E-state index in [1.165, 1.54) is 12.3 Å². The summed E-state index contributed by atoms with van der Waals surface area (Å²) in [5.74, 6) is -0.632. The van der Waals surface area contributed by atoms with Gasteiger partial charge in [-0.1, -0.05) is 39.7 Å². The fourth-order valence-corrected chi connectivity index (χ4v) is 1.07. The number of pyridine rings is 1. The summed E-state index contributed by atoms with van der Waals surface area (Å²) in [7, 11) is 0. The second-order valence-corrected chi connectivity index (χ2v) is 3.15. The molecule has 0 fully saturated rings. The molecule has 0 radical (unpaired) electrons. The number of hydrogen-bond donors (Lipinski definition) is 0. The molecule has 0 atom stereocenters. The first-order chi connectivity index (χ1) is 5.74. The van der Waals surface area contributed by atoms with E-state index in [1.807, 2.05) is 12.2 Å². The van der Waals surface area contributed by atoms with Crippen LogP contribution in [0.4, 0.5) is 4.39 Å². The van der Waals surface area contributed by atoms with Crippen LogP contribution in [-0.4, -0.2) is 10.3 Å². The molecule has 1 aromatic heterocycles. The Kier molecular flexibility index (Phi) is 3.69. The normalized spacial score (nSPS) is 10.9. The van der Waals surface area contributed by atoms with Gasteiger partial charge in [0.05, 0.1) is 5.02 Å². The summed E-state index contributed by atoms with van der Waals surface area (Å²) >= 11 is 8.74. The highest BCUT2D eigenvalue weighted by Gasteiger charge is 1.99. The molecule has 0 unspecified atom stereocenters. The van der Waals surface area contributed by atoms with E-state index < -0.39 is 5.95 Å². The van der Waals surface area contributed by atoms with Crippen LogP contribution in [0.5, 0.6) is 0 Å². The largest absolute Gasteiger partial charge is 0.231 e. The predicted molar refractivity (Wildman–Crippen MR) is 52.0 cm³/mol. The third-order valence-corrected chi connectivity index (χ3v) is 1.86. The number of alkyl halides is 1. The Morgan fingerprint density at radius 1 is 1.67 bits per heavy atom. The third kappa shape index (κ3) is 2.57. The Labute approximate surface area is 83.4 Å². The van der Waals surface area contributed by atoms with Gasteiger partial charge in [0.25, 0.3) is 0 Å². The van der Waals surface area contributed by atoms with E-state index in [-0.39, 0.29) is 5.02 Å². The average Bonchev–Trinajstić information content (AvgIpc) is 2.07. The van der Waals surface area contributed by atoms with E-state index >= 15 is 0 Å². The Balaban J connectivity index is 2.89. The van der Waals surface area contributed by atoms with Crippen molar-refractivity contribution in [1.82, 2.24) is 4.98 Å².